The van der Waals surface area contributed by atoms with Gasteiger partial charge in [0.15, 0.2) is 11.5 Å². The highest BCUT2D eigenvalue weighted by molar-refractivity contribution is 9.10. The van der Waals surface area contributed by atoms with Gasteiger partial charge in [-0.25, -0.2) is 0 Å². The molecule has 2 rings (SSSR count). The Labute approximate surface area is 176 Å². The maximum Gasteiger partial charge on any atom is 0.326 e. The minimum Gasteiger partial charge on any atom is -0.490 e. The van der Waals surface area contributed by atoms with Crippen LogP contribution >= 0.6 is 27.7 Å². The van der Waals surface area contributed by atoms with Gasteiger partial charge in [-0.1, -0.05) is 0 Å². The molecule has 9 heteroatoms. The lowest BCUT2D eigenvalue weighted by Crippen LogP contribution is -2.35. The molecule has 1 aliphatic rings. The lowest BCUT2D eigenvalue weighted by molar-refractivity contribution is -0.149. The van der Waals surface area contributed by atoms with Crippen LogP contribution in [0.15, 0.2) is 21.5 Å². The van der Waals surface area contributed by atoms with Gasteiger partial charge in [-0.3, -0.25) is 19.3 Å². The molecule has 1 heterocycles. The molecule has 1 aromatic rings. The molecule has 0 N–H and O–H groups in total. The lowest BCUT2D eigenvalue weighted by atomic mass is 10.2. The van der Waals surface area contributed by atoms with E-state index >= 15 is 0 Å². The number of ether oxygens (including phenoxy) is 3. The topological polar surface area (TPSA) is 82.1 Å². The van der Waals surface area contributed by atoms with Gasteiger partial charge >= 0.3 is 5.97 Å². The number of hydrogen-bond acceptors (Lipinski definition) is 7. The molecule has 0 bridgehead atoms. The van der Waals surface area contributed by atoms with Crippen LogP contribution in [-0.4, -0.2) is 47.9 Å². The zero-order valence-corrected chi connectivity index (χ0v) is 18.5. The Kier molecular flexibility index (Phi) is 7.94. The third-order valence-electron chi connectivity index (χ3n) is 3.45. The van der Waals surface area contributed by atoms with Gasteiger partial charge in [0.25, 0.3) is 11.1 Å². The molecule has 1 aliphatic heterocycles. The van der Waals surface area contributed by atoms with E-state index in [1.165, 1.54) is 0 Å². The molecule has 7 nitrogen and oxygen atoms in total. The molecule has 0 aliphatic carbocycles. The van der Waals surface area contributed by atoms with Gasteiger partial charge < -0.3 is 14.2 Å². The van der Waals surface area contributed by atoms with Crippen molar-refractivity contribution in [3.8, 4) is 11.5 Å². The van der Waals surface area contributed by atoms with Crippen LogP contribution in [0.25, 0.3) is 6.08 Å². The molecule has 0 unspecified atom stereocenters. The number of halogens is 1. The van der Waals surface area contributed by atoms with E-state index in [1.54, 1.807) is 32.1 Å². The van der Waals surface area contributed by atoms with E-state index in [4.69, 9.17) is 14.2 Å². The summed E-state index contributed by atoms with van der Waals surface area (Å²) in [6, 6.07) is 3.51. The highest BCUT2D eigenvalue weighted by Crippen LogP contribution is 2.39. The average molecular weight is 472 g/mol. The van der Waals surface area contributed by atoms with E-state index in [2.05, 4.69) is 15.9 Å². The molecule has 0 radical (unpaired) electrons. The Morgan fingerprint density at radius 3 is 2.50 bits per heavy atom. The zero-order chi connectivity index (χ0) is 20.8. The Balaban J connectivity index is 2.26. The number of thioether (sulfide) groups is 1. The number of hydrogen-bond donors (Lipinski definition) is 0. The number of nitrogens with zero attached hydrogens (tertiary/aromatic N) is 1. The second kappa shape index (κ2) is 9.97. The minimum atomic E-state index is -0.624. The summed E-state index contributed by atoms with van der Waals surface area (Å²) in [5.74, 6) is -0.0459. The van der Waals surface area contributed by atoms with Crippen LogP contribution in [0.5, 0.6) is 11.5 Å². The molecule has 28 heavy (non-hydrogen) atoms. The summed E-state index contributed by atoms with van der Waals surface area (Å²) in [6.07, 6.45) is 1.27. The number of imide groups is 1. The molecule has 0 atom stereocenters. The van der Waals surface area contributed by atoms with Crippen molar-refractivity contribution in [2.45, 2.75) is 33.8 Å². The van der Waals surface area contributed by atoms with E-state index in [9.17, 15) is 14.4 Å². The van der Waals surface area contributed by atoms with Crippen molar-refractivity contribution < 1.29 is 28.6 Å². The van der Waals surface area contributed by atoms with Crippen LogP contribution < -0.4 is 9.47 Å². The third-order valence-corrected chi connectivity index (χ3v) is 4.94. The van der Waals surface area contributed by atoms with Gasteiger partial charge in [0.1, 0.15) is 6.54 Å². The standard InChI is InChI=1S/C19H22BrNO6S/c1-5-25-14-8-12(7-13(20)17(14)26-6-2)9-15-18(23)21(19(24)28-15)10-16(22)27-11(3)4/h7-9,11H,5-6,10H2,1-4H3/b15-9-. The fourth-order valence-electron chi connectivity index (χ4n) is 2.44. The second-order valence-electron chi connectivity index (χ2n) is 6.00. The minimum absolute atomic E-state index is 0.223. The number of rotatable bonds is 8. The predicted octanol–water partition coefficient (Wildman–Crippen LogP) is 4.23. The van der Waals surface area contributed by atoms with Crippen LogP contribution in [0.1, 0.15) is 33.3 Å². The first-order chi connectivity index (χ1) is 13.3. The third kappa shape index (κ3) is 5.51. The van der Waals surface area contributed by atoms with Crippen LogP contribution in [0.4, 0.5) is 4.79 Å². The largest absolute Gasteiger partial charge is 0.490 e. The summed E-state index contributed by atoms with van der Waals surface area (Å²) in [5.41, 5.74) is 0.661. The predicted molar refractivity (Wildman–Crippen MR) is 110 cm³/mol. The maximum absolute atomic E-state index is 12.5. The van der Waals surface area contributed by atoms with E-state index in [-0.39, 0.29) is 11.0 Å². The van der Waals surface area contributed by atoms with Crippen LogP contribution in [0.2, 0.25) is 0 Å². The Hall–Kier alpha value is -2.00. The molecular formula is C19H22BrNO6S. The van der Waals surface area contributed by atoms with Gasteiger partial charge in [-0.05, 0) is 79.2 Å². The molecule has 152 valence electrons. The Morgan fingerprint density at radius 2 is 1.89 bits per heavy atom. The SMILES string of the molecule is CCOc1cc(/C=C2\SC(=O)N(CC(=O)OC(C)C)C2=O)cc(Br)c1OCC. The Morgan fingerprint density at radius 1 is 1.21 bits per heavy atom. The van der Waals surface area contributed by atoms with Gasteiger partial charge in [-0.15, -0.1) is 0 Å². The molecule has 0 saturated carbocycles. The molecule has 1 saturated heterocycles. The smallest absolute Gasteiger partial charge is 0.326 e. The van der Waals surface area contributed by atoms with E-state index in [1.807, 2.05) is 13.8 Å². The van der Waals surface area contributed by atoms with Crippen molar-refractivity contribution in [2.75, 3.05) is 19.8 Å². The van der Waals surface area contributed by atoms with E-state index in [0.29, 0.717) is 34.7 Å². The van der Waals surface area contributed by atoms with Crippen molar-refractivity contribution >= 4 is 50.9 Å². The number of amides is 2. The summed E-state index contributed by atoms with van der Waals surface area (Å²) < 4.78 is 16.9. The summed E-state index contributed by atoms with van der Waals surface area (Å²) in [7, 11) is 0. The molecule has 1 aromatic carbocycles. The van der Waals surface area contributed by atoms with Gasteiger partial charge in [-0.2, -0.15) is 0 Å². The first kappa shape index (κ1) is 22.3. The van der Waals surface area contributed by atoms with Crippen LogP contribution in [-0.2, 0) is 14.3 Å². The zero-order valence-electron chi connectivity index (χ0n) is 16.1. The van der Waals surface area contributed by atoms with Crippen LogP contribution in [0.3, 0.4) is 0 Å². The van der Waals surface area contributed by atoms with Crippen molar-refractivity contribution in [1.29, 1.82) is 0 Å². The van der Waals surface area contributed by atoms with Gasteiger partial charge in [0.2, 0.25) is 0 Å². The molecule has 1 fully saturated rings. The summed E-state index contributed by atoms with van der Waals surface area (Å²) in [5, 5.41) is -0.507. The van der Waals surface area contributed by atoms with Crippen molar-refractivity contribution in [3.05, 3.63) is 27.1 Å². The van der Waals surface area contributed by atoms with Crippen molar-refractivity contribution in [1.82, 2.24) is 4.90 Å². The van der Waals surface area contributed by atoms with Gasteiger partial charge in [0, 0.05) is 0 Å². The number of carbonyl (C=O) groups excluding carboxylic acids is 3. The molecule has 0 spiro atoms. The van der Waals surface area contributed by atoms with Crippen LogP contribution in [0, 0.1) is 0 Å². The molecule has 0 aromatic heterocycles. The first-order valence-electron chi connectivity index (χ1n) is 8.80. The first-order valence-corrected chi connectivity index (χ1v) is 10.4. The normalized spacial score (nSPS) is 15.5. The number of benzene rings is 1. The average Bonchev–Trinajstić information content (AvgIpc) is 2.85. The molecular weight excluding hydrogens is 450 g/mol. The van der Waals surface area contributed by atoms with Crippen molar-refractivity contribution in [2.24, 2.45) is 0 Å². The maximum atomic E-state index is 12.5. The number of esters is 1. The summed E-state index contributed by atoms with van der Waals surface area (Å²) in [4.78, 5) is 37.6. The van der Waals surface area contributed by atoms with Crippen molar-refractivity contribution in [3.63, 3.8) is 0 Å². The summed E-state index contributed by atoms with van der Waals surface area (Å²) in [6.45, 7) is 7.65. The fourth-order valence-corrected chi connectivity index (χ4v) is 3.85. The number of carbonyl (C=O) groups is 3. The Bertz CT molecular complexity index is 808. The highest BCUT2D eigenvalue weighted by atomic mass is 79.9. The quantitative estimate of drug-likeness (QED) is 0.414. The van der Waals surface area contributed by atoms with E-state index in [0.717, 1.165) is 16.7 Å². The van der Waals surface area contributed by atoms with Gasteiger partial charge in [0.05, 0.1) is 28.7 Å². The van der Waals surface area contributed by atoms with E-state index < -0.39 is 23.7 Å². The highest BCUT2D eigenvalue weighted by Gasteiger charge is 2.36. The second-order valence-corrected chi connectivity index (χ2v) is 7.85. The summed E-state index contributed by atoms with van der Waals surface area (Å²) >= 11 is 4.23. The fraction of sp³-hybridized carbons (Fsp3) is 0.421. The molecule has 2 amide bonds. The lowest BCUT2D eigenvalue weighted by Gasteiger charge is -2.14. The monoisotopic (exact) mass is 471 g/mol.